The number of rotatable bonds is 3. The molecule has 0 radical (unpaired) electrons. The molecule has 2 N–H and O–H groups in total. The van der Waals surface area contributed by atoms with Crippen LogP contribution in [0.5, 0.6) is 0 Å². The largest absolute Gasteiger partial charge is 0.478 e. The molecule has 15 heavy (non-hydrogen) atoms. The van der Waals surface area contributed by atoms with Crippen molar-refractivity contribution in [2.45, 2.75) is 25.3 Å². The van der Waals surface area contributed by atoms with Crippen LogP contribution < -0.4 is 5.32 Å². The summed E-state index contributed by atoms with van der Waals surface area (Å²) >= 11 is 0. The first-order chi connectivity index (χ1) is 7.00. The van der Waals surface area contributed by atoms with Gasteiger partial charge in [-0.15, -0.1) is 0 Å². The fraction of sp³-hybridized carbons (Fsp3) is 0.400. The fourth-order valence-corrected chi connectivity index (χ4v) is 1.22. The maximum Gasteiger partial charge on any atom is 0.338 e. The second-order valence-electron chi connectivity index (χ2n) is 4.02. The van der Waals surface area contributed by atoms with Crippen molar-refractivity contribution < 1.29 is 19.1 Å². The van der Waals surface area contributed by atoms with Gasteiger partial charge in [-0.05, 0) is 19.8 Å². The van der Waals surface area contributed by atoms with Crippen molar-refractivity contribution in [3.05, 3.63) is 23.7 Å². The molecule has 1 heterocycles. The third-order valence-electron chi connectivity index (χ3n) is 2.49. The number of carbonyl (C=O) groups excluding carboxylic acids is 1. The van der Waals surface area contributed by atoms with Crippen LogP contribution in [0, 0.1) is 0 Å². The van der Waals surface area contributed by atoms with E-state index in [-0.39, 0.29) is 22.8 Å². The summed E-state index contributed by atoms with van der Waals surface area (Å²) in [5.41, 5.74) is -0.145. The monoisotopic (exact) mass is 209 g/mol. The summed E-state index contributed by atoms with van der Waals surface area (Å²) in [6.07, 6.45) is 2.96. The van der Waals surface area contributed by atoms with Crippen LogP contribution in [0.15, 0.2) is 16.7 Å². The molecule has 1 amide bonds. The first-order valence-corrected chi connectivity index (χ1v) is 4.64. The van der Waals surface area contributed by atoms with E-state index in [0.717, 1.165) is 19.1 Å². The summed E-state index contributed by atoms with van der Waals surface area (Å²) < 4.78 is 4.87. The fourth-order valence-electron chi connectivity index (χ4n) is 1.22. The number of carboxylic acid groups (broad SMARTS) is 1. The lowest BCUT2D eigenvalue weighted by atomic mass is 10.2. The number of hydrogen-bond donors (Lipinski definition) is 2. The summed E-state index contributed by atoms with van der Waals surface area (Å²) in [4.78, 5) is 22.1. The van der Waals surface area contributed by atoms with Gasteiger partial charge in [0, 0.05) is 11.6 Å². The summed E-state index contributed by atoms with van der Waals surface area (Å²) in [6.45, 7) is 1.94. The van der Waals surface area contributed by atoms with E-state index in [1.165, 1.54) is 6.07 Å². The number of aromatic carboxylic acids is 1. The van der Waals surface area contributed by atoms with Gasteiger partial charge in [0.15, 0.2) is 5.76 Å². The van der Waals surface area contributed by atoms with Crippen LogP contribution in [-0.2, 0) is 0 Å². The van der Waals surface area contributed by atoms with Gasteiger partial charge < -0.3 is 14.8 Å². The zero-order chi connectivity index (χ0) is 11.1. The normalized spacial score (nSPS) is 17.1. The average Bonchev–Trinajstić information content (AvgIpc) is 2.70. The molecule has 0 atom stereocenters. The molecule has 1 saturated carbocycles. The Morgan fingerprint density at radius 2 is 2.20 bits per heavy atom. The van der Waals surface area contributed by atoms with Crippen molar-refractivity contribution in [1.82, 2.24) is 5.32 Å². The Balaban J connectivity index is 2.08. The highest BCUT2D eigenvalue weighted by atomic mass is 16.4. The molecule has 80 valence electrons. The molecule has 0 aromatic carbocycles. The Hall–Kier alpha value is -1.78. The minimum atomic E-state index is -1.10. The molecule has 0 spiro atoms. The standard InChI is InChI=1S/C10H11NO4/c1-10(2-3-10)11-8(12)7-4-6(5-15-7)9(13)14/h4-5H,2-3H2,1H3,(H,11,12)(H,13,14). The second-order valence-corrected chi connectivity index (χ2v) is 4.02. The summed E-state index contributed by atoms with van der Waals surface area (Å²) in [5, 5.41) is 11.4. The predicted octanol–water partition coefficient (Wildman–Crippen LogP) is 1.26. The Bertz CT molecular complexity index is 417. The van der Waals surface area contributed by atoms with Crippen LogP contribution in [-0.4, -0.2) is 22.5 Å². The highest BCUT2D eigenvalue weighted by molar-refractivity contribution is 5.95. The van der Waals surface area contributed by atoms with Crippen molar-refractivity contribution >= 4 is 11.9 Å². The lowest BCUT2D eigenvalue weighted by molar-refractivity contribution is 0.0695. The molecule has 0 unspecified atom stereocenters. The van der Waals surface area contributed by atoms with Gasteiger partial charge in [0.1, 0.15) is 6.26 Å². The van der Waals surface area contributed by atoms with E-state index in [1.807, 2.05) is 6.92 Å². The smallest absolute Gasteiger partial charge is 0.338 e. The lowest BCUT2D eigenvalue weighted by Crippen LogP contribution is -2.33. The molecule has 1 aliphatic carbocycles. The van der Waals surface area contributed by atoms with E-state index >= 15 is 0 Å². The summed E-state index contributed by atoms with van der Waals surface area (Å²) in [6, 6.07) is 1.23. The number of hydrogen-bond acceptors (Lipinski definition) is 3. The molecule has 2 rings (SSSR count). The van der Waals surface area contributed by atoms with Gasteiger partial charge in [-0.25, -0.2) is 4.79 Å². The van der Waals surface area contributed by atoms with Gasteiger partial charge in [-0.1, -0.05) is 0 Å². The zero-order valence-electron chi connectivity index (χ0n) is 8.24. The Morgan fingerprint density at radius 3 is 2.67 bits per heavy atom. The van der Waals surface area contributed by atoms with Gasteiger partial charge in [0.05, 0.1) is 5.56 Å². The Kier molecular flexibility index (Phi) is 2.03. The molecular formula is C10H11NO4. The minimum absolute atomic E-state index is 0.0129. The topological polar surface area (TPSA) is 79.5 Å². The van der Waals surface area contributed by atoms with Gasteiger partial charge in [0.2, 0.25) is 0 Å². The molecule has 1 aromatic heterocycles. The minimum Gasteiger partial charge on any atom is -0.478 e. The molecule has 1 aliphatic rings. The predicted molar refractivity (Wildman–Crippen MR) is 50.8 cm³/mol. The quantitative estimate of drug-likeness (QED) is 0.785. The van der Waals surface area contributed by atoms with E-state index < -0.39 is 5.97 Å². The van der Waals surface area contributed by atoms with E-state index in [9.17, 15) is 9.59 Å². The molecule has 0 aliphatic heterocycles. The van der Waals surface area contributed by atoms with Gasteiger partial charge in [-0.3, -0.25) is 4.79 Å². The number of carboxylic acids is 1. The van der Waals surface area contributed by atoms with Crippen molar-refractivity contribution in [2.24, 2.45) is 0 Å². The number of furan rings is 1. The SMILES string of the molecule is CC1(NC(=O)c2cc(C(=O)O)co2)CC1. The molecule has 5 nitrogen and oxygen atoms in total. The zero-order valence-corrected chi connectivity index (χ0v) is 8.24. The van der Waals surface area contributed by atoms with E-state index in [0.29, 0.717) is 0 Å². The first kappa shape index (κ1) is 9.76. The maximum atomic E-state index is 11.5. The molecular weight excluding hydrogens is 198 g/mol. The van der Waals surface area contributed by atoms with Crippen LogP contribution in [0.1, 0.15) is 40.7 Å². The van der Waals surface area contributed by atoms with E-state index in [1.54, 1.807) is 0 Å². The van der Waals surface area contributed by atoms with E-state index in [4.69, 9.17) is 9.52 Å². The van der Waals surface area contributed by atoms with Crippen molar-refractivity contribution in [1.29, 1.82) is 0 Å². The van der Waals surface area contributed by atoms with Gasteiger partial charge in [-0.2, -0.15) is 0 Å². The van der Waals surface area contributed by atoms with Gasteiger partial charge >= 0.3 is 5.97 Å². The van der Waals surface area contributed by atoms with Crippen molar-refractivity contribution in [2.75, 3.05) is 0 Å². The van der Waals surface area contributed by atoms with E-state index in [2.05, 4.69) is 5.32 Å². The number of nitrogens with one attached hydrogen (secondary N) is 1. The van der Waals surface area contributed by atoms with Crippen LogP contribution in [0.25, 0.3) is 0 Å². The van der Waals surface area contributed by atoms with Gasteiger partial charge in [0.25, 0.3) is 5.91 Å². The molecule has 5 heteroatoms. The Labute approximate surface area is 86.1 Å². The van der Waals surface area contributed by atoms with Crippen LogP contribution in [0.3, 0.4) is 0 Å². The van der Waals surface area contributed by atoms with Crippen LogP contribution >= 0.6 is 0 Å². The average molecular weight is 209 g/mol. The maximum absolute atomic E-state index is 11.5. The third-order valence-corrected chi connectivity index (χ3v) is 2.49. The number of amides is 1. The molecule has 1 aromatic rings. The number of carbonyl (C=O) groups is 2. The highest BCUT2D eigenvalue weighted by Gasteiger charge is 2.39. The second kappa shape index (κ2) is 3.12. The highest BCUT2D eigenvalue weighted by Crippen LogP contribution is 2.34. The van der Waals surface area contributed by atoms with Crippen molar-refractivity contribution in [3.63, 3.8) is 0 Å². The molecule has 0 saturated heterocycles. The third kappa shape index (κ3) is 2.01. The Morgan fingerprint density at radius 1 is 1.53 bits per heavy atom. The summed E-state index contributed by atoms with van der Waals surface area (Å²) in [7, 11) is 0. The first-order valence-electron chi connectivity index (χ1n) is 4.64. The van der Waals surface area contributed by atoms with Crippen LogP contribution in [0.4, 0.5) is 0 Å². The summed E-state index contributed by atoms with van der Waals surface area (Å²) in [5.74, 6) is -1.42. The molecule has 1 fully saturated rings. The van der Waals surface area contributed by atoms with Crippen LogP contribution in [0.2, 0.25) is 0 Å². The van der Waals surface area contributed by atoms with Crippen molar-refractivity contribution in [3.8, 4) is 0 Å². The molecule has 0 bridgehead atoms. The lowest BCUT2D eigenvalue weighted by Gasteiger charge is -2.08.